The van der Waals surface area contributed by atoms with Crippen LogP contribution in [-0.4, -0.2) is 19.9 Å². The van der Waals surface area contributed by atoms with E-state index in [4.69, 9.17) is 19.9 Å². The summed E-state index contributed by atoms with van der Waals surface area (Å²) in [6.45, 7) is 0. The van der Waals surface area contributed by atoms with Gasteiger partial charge in [-0.25, -0.2) is 0 Å². The van der Waals surface area contributed by atoms with Gasteiger partial charge in [-0.3, -0.25) is 19.9 Å². The number of rotatable bonds is 4. The molecule has 0 saturated carbocycles. The van der Waals surface area contributed by atoms with E-state index in [2.05, 4.69) is 60.7 Å². The summed E-state index contributed by atoms with van der Waals surface area (Å²) in [5.74, 6) is 0. The van der Waals surface area contributed by atoms with Gasteiger partial charge in [0.15, 0.2) is 0 Å². The summed E-state index contributed by atoms with van der Waals surface area (Å²) in [5.41, 5.74) is 16.0. The Hall–Kier alpha value is -6.00. The zero-order valence-corrected chi connectivity index (χ0v) is 24.9. The topological polar surface area (TPSA) is 51.6 Å². The van der Waals surface area contributed by atoms with E-state index < -0.39 is 0 Å². The molecule has 8 aromatic rings. The highest BCUT2D eigenvalue weighted by atomic mass is 14.8. The summed E-state index contributed by atoms with van der Waals surface area (Å²) < 4.78 is 0. The molecule has 0 saturated heterocycles. The Balaban J connectivity index is 1.42. The van der Waals surface area contributed by atoms with E-state index in [1.807, 2.05) is 73.3 Å². The van der Waals surface area contributed by atoms with Crippen LogP contribution in [0.4, 0.5) is 0 Å². The van der Waals surface area contributed by atoms with Crippen LogP contribution in [0, 0.1) is 0 Å². The van der Waals surface area contributed by atoms with E-state index in [9.17, 15) is 0 Å². The quantitative estimate of drug-likeness (QED) is 0.206. The van der Waals surface area contributed by atoms with Gasteiger partial charge in [-0.2, -0.15) is 0 Å². The molecule has 0 bridgehead atoms. The molecule has 0 radical (unpaired) electrons. The van der Waals surface area contributed by atoms with E-state index in [1.165, 1.54) is 66.1 Å². The average Bonchev–Trinajstić information content (AvgIpc) is 3.70. The molecule has 4 aromatic heterocycles. The number of fused-ring (bicyclic) bond motifs is 4. The van der Waals surface area contributed by atoms with Crippen molar-refractivity contribution in [3.63, 3.8) is 0 Å². The van der Waals surface area contributed by atoms with Crippen LogP contribution >= 0.6 is 0 Å². The highest BCUT2D eigenvalue weighted by Crippen LogP contribution is 2.60. The largest absolute Gasteiger partial charge is 0.255 e. The molecule has 10 rings (SSSR count). The predicted molar refractivity (Wildman–Crippen MR) is 186 cm³/mol. The molecule has 0 unspecified atom stereocenters. The minimum absolute atomic E-state index is 0.862. The first-order valence-corrected chi connectivity index (χ1v) is 15.8. The van der Waals surface area contributed by atoms with Crippen LogP contribution in [0.25, 0.3) is 88.8 Å². The van der Waals surface area contributed by atoms with Crippen molar-refractivity contribution in [2.45, 2.75) is 12.8 Å². The molecule has 0 N–H and O–H groups in total. The Kier molecular flexibility index (Phi) is 5.37. The standard InChI is InChI=1S/C42H26N4/c1-2-10-28-27(9-1)36(31-11-7-23-45-41(31)33-13-3-5-21-43-33)39-29-19-17-25-15-16-26-18-20-30(38(29)35(25)26)40(39)37(28)32-12-8-24-46-42(32)34-14-4-6-22-44-34/h1-14,17-24H,15-16H2. The van der Waals surface area contributed by atoms with Gasteiger partial charge in [-0.1, -0.05) is 72.8 Å². The molecule has 4 heterocycles. The lowest BCUT2D eigenvalue weighted by atomic mass is 9.81. The molecule has 214 valence electrons. The van der Waals surface area contributed by atoms with Crippen LogP contribution < -0.4 is 0 Å². The van der Waals surface area contributed by atoms with Crippen molar-refractivity contribution in [3.8, 4) is 67.3 Å². The number of hydrogen-bond donors (Lipinski definition) is 0. The van der Waals surface area contributed by atoms with Crippen LogP contribution in [0.2, 0.25) is 0 Å². The van der Waals surface area contributed by atoms with Crippen LogP contribution in [0.3, 0.4) is 0 Å². The van der Waals surface area contributed by atoms with Gasteiger partial charge in [0.1, 0.15) is 0 Å². The molecule has 0 fully saturated rings. The SMILES string of the molecule is c1ccc(-c2ncccc2-c2c3c(c(-c4cccnc4-c4ccccn4)c4ccccc24)-c2ccc4c5c(ccc-3c25)CC4)nc1. The van der Waals surface area contributed by atoms with Crippen molar-refractivity contribution in [2.24, 2.45) is 0 Å². The van der Waals surface area contributed by atoms with Crippen LogP contribution in [-0.2, 0) is 12.8 Å². The van der Waals surface area contributed by atoms with E-state index in [0.29, 0.717) is 0 Å². The van der Waals surface area contributed by atoms with Crippen LogP contribution in [0.5, 0.6) is 0 Å². The molecule has 4 heteroatoms. The molecule has 4 nitrogen and oxygen atoms in total. The zero-order valence-electron chi connectivity index (χ0n) is 24.9. The summed E-state index contributed by atoms with van der Waals surface area (Å²) >= 11 is 0. The first-order valence-electron chi connectivity index (χ1n) is 15.8. The third-order valence-corrected chi connectivity index (χ3v) is 9.72. The number of aromatic nitrogens is 4. The Labute approximate surface area is 266 Å². The third-order valence-electron chi connectivity index (χ3n) is 9.72. The summed E-state index contributed by atoms with van der Waals surface area (Å²) in [6.07, 6.45) is 9.61. The number of hydrogen-bond acceptors (Lipinski definition) is 4. The molecule has 0 atom stereocenters. The molecular formula is C42H26N4. The Morgan fingerprint density at radius 2 is 0.826 bits per heavy atom. The second-order valence-corrected chi connectivity index (χ2v) is 12.1. The maximum Gasteiger partial charge on any atom is 0.0964 e. The van der Waals surface area contributed by atoms with Gasteiger partial charge in [0.2, 0.25) is 0 Å². The van der Waals surface area contributed by atoms with Gasteiger partial charge in [0.05, 0.1) is 22.8 Å². The molecular weight excluding hydrogens is 560 g/mol. The Bertz CT molecular complexity index is 2350. The van der Waals surface area contributed by atoms with Crippen molar-refractivity contribution in [3.05, 3.63) is 145 Å². The molecule has 0 spiro atoms. The Morgan fingerprint density at radius 1 is 0.348 bits per heavy atom. The van der Waals surface area contributed by atoms with Gasteiger partial charge in [-0.15, -0.1) is 0 Å². The predicted octanol–water partition coefficient (Wildman–Crippen LogP) is 9.99. The third kappa shape index (κ3) is 3.50. The van der Waals surface area contributed by atoms with E-state index in [0.717, 1.165) is 46.7 Å². The lowest BCUT2D eigenvalue weighted by molar-refractivity contribution is 1.02. The normalized spacial score (nSPS) is 12.6. The van der Waals surface area contributed by atoms with Crippen LogP contribution in [0.1, 0.15) is 11.1 Å². The molecule has 2 aliphatic rings. The van der Waals surface area contributed by atoms with Crippen LogP contribution in [0.15, 0.2) is 134 Å². The van der Waals surface area contributed by atoms with Gasteiger partial charge in [-0.05, 0) is 104 Å². The van der Waals surface area contributed by atoms with Gasteiger partial charge < -0.3 is 0 Å². The molecule has 2 aliphatic carbocycles. The molecule has 4 aromatic carbocycles. The van der Waals surface area contributed by atoms with Crippen molar-refractivity contribution >= 4 is 21.5 Å². The first-order chi connectivity index (χ1) is 22.9. The fourth-order valence-electron chi connectivity index (χ4n) is 7.91. The fraction of sp³-hybridized carbons (Fsp3) is 0.0476. The second kappa shape index (κ2) is 9.75. The lowest BCUT2D eigenvalue weighted by Gasteiger charge is -2.22. The second-order valence-electron chi connectivity index (χ2n) is 12.1. The molecule has 0 aliphatic heterocycles. The maximum absolute atomic E-state index is 4.95. The molecule has 0 amide bonds. The summed E-state index contributed by atoms with van der Waals surface area (Å²) in [6, 6.07) is 38.8. The summed E-state index contributed by atoms with van der Waals surface area (Å²) in [4.78, 5) is 19.4. The zero-order chi connectivity index (χ0) is 30.2. The van der Waals surface area contributed by atoms with Crippen molar-refractivity contribution in [1.29, 1.82) is 0 Å². The minimum Gasteiger partial charge on any atom is -0.255 e. The van der Waals surface area contributed by atoms with E-state index in [1.54, 1.807) is 0 Å². The first kappa shape index (κ1) is 25.3. The lowest BCUT2D eigenvalue weighted by Crippen LogP contribution is -1.98. The number of pyridine rings is 4. The smallest absolute Gasteiger partial charge is 0.0964 e. The number of aryl methyl sites for hydroxylation is 2. The van der Waals surface area contributed by atoms with Crippen molar-refractivity contribution < 1.29 is 0 Å². The average molecular weight is 587 g/mol. The maximum atomic E-state index is 4.95. The Morgan fingerprint density at radius 3 is 1.30 bits per heavy atom. The number of benzene rings is 4. The minimum atomic E-state index is 0.862. The van der Waals surface area contributed by atoms with Crippen molar-refractivity contribution in [1.82, 2.24) is 19.9 Å². The van der Waals surface area contributed by atoms with Gasteiger partial charge in [0.25, 0.3) is 0 Å². The van der Waals surface area contributed by atoms with Gasteiger partial charge in [0, 0.05) is 47.0 Å². The summed E-state index contributed by atoms with van der Waals surface area (Å²) in [5, 5.41) is 5.15. The van der Waals surface area contributed by atoms with E-state index in [-0.39, 0.29) is 0 Å². The molecule has 46 heavy (non-hydrogen) atoms. The highest BCUT2D eigenvalue weighted by Gasteiger charge is 2.34. The summed E-state index contributed by atoms with van der Waals surface area (Å²) in [7, 11) is 0. The van der Waals surface area contributed by atoms with E-state index >= 15 is 0 Å². The number of nitrogens with zero attached hydrogens (tertiary/aromatic N) is 4. The van der Waals surface area contributed by atoms with Gasteiger partial charge >= 0.3 is 0 Å². The monoisotopic (exact) mass is 586 g/mol. The van der Waals surface area contributed by atoms with Crippen molar-refractivity contribution in [2.75, 3.05) is 0 Å². The highest BCUT2D eigenvalue weighted by molar-refractivity contribution is 6.29. The fourth-order valence-corrected chi connectivity index (χ4v) is 7.91.